The first-order valence-corrected chi connectivity index (χ1v) is 8.78. The smallest absolute Gasteiger partial charge is 0.360 e. The van der Waals surface area contributed by atoms with E-state index >= 15 is 0 Å². The molecular weight excluding hydrogens is 330 g/mol. The molecule has 6 nitrogen and oxygen atoms in total. The molecule has 0 fully saturated rings. The van der Waals surface area contributed by atoms with Gasteiger partial charge in [0.15, 0.2) is 11.4 Å². The molecule has 0 saturated carbocycles. The summed E-state index contributed by atoms with van der Waals surface area (Å²) >= 11 is 0. The van der Waals surface area contributed by atoms with Crippen molar-refractivity contribution in [1.82, 2.24) is 4.90 Å². The fourth-order valence-corrected chi connectivity index (χ4v) is 2.74. The Hall–Kier alpha value is -2.89. The lowest BCUT2D eigenvalue weighted by Crippen LogP contribution is -2.24. The SMILES string of the molecule is CCOC(=O)/C(N=Nc1ccc2ccccc2c1O)=C(/C)N(CC)CC. The Morgan fingerprint density at radius 1 is 1.12 bits per heavy atom. The van der Waals surface area contributed by atoms with Gasteiger partial charge in [-0.3, -0.25) is 0 Å². The molecule has 138 valence electrons. The van der Waals surface area contributed by atoms with Crippen LogP contribution >= 0.6 is 0 Å². The molecule has 0 aliphatic carbocycles. The van der Waals surface area contributed by atoms with E-state index in [1.165, 1.54) is 0 Å². The summed E-state index contributed by atoms with van der Waals surface area (Å²) < 4.78 is 5.11. The first kappa shape index (κ1) is 19.4. The number of esters is 1. The van der Waals surface area contributed by atoms with Gasteiger partial charge < -0.3 is 14.7 Å². The summed E-state index contributed by atoms with van der Waals surface area (Å²) in [4.78, 5) is 14.3. The van der Waals surface area contributed by atoms with Crippen LogP contribution in [0.15, 0.2) is 58.0 Å². The molecule has 26 heavy (non-hydrogen) atoms. The second kappa shape index (κ2) is 8.99. The monoisotopic (exact) mass is 355 g/mol. The number of allylic oxidation sites excluding steroid dienone is 1. The van der Waals surface area contributed by atoms with Crippen molar-refractivity contribution in [3.8, 4) is 5.75 Å². The van der Waals surface area contributed by atoms with Gasteiger partial charge in [-0.2, -0.15) is 0 Å². The van der Waals surface area contributed by atoms with Gasteiger partial charge in [-0.1, -0.05) is 30.3 Å². The summed E-state index contributed by atoms with van der Waals surface area (Å²) in [5.74, 6) is -0.489. The van der Waals surface area contributed by atoms with Crippen LogP contribution in [0.4, 0.5) is 5.69 Å². The van der Waals surface area contributed by atoms with Crippen molar-refractivity contribution in [3.63, 3.8) is 0 Å². The zero-order chi connectivity index (χ0) is 19.1. The summed E-state index contributed by atoms with van der Waals surface area (Å²) in [6, 6.07) is 11.0. The maximum Gasteiger partial charge on any atom is 0.360 e. The molecule has 0 atom stereocenters. The number of hydrogen-bond acceptors (Lipinski definition) is 6. The van der Waals surface area contributed by atoms with E-state index in [0.717, 1.165) is 18.5 Å². The molecule has 1 N–H and O–H groups in total. The van der Waals surface area contributed by atoms with Gasteiger partial charge in [-0.15, -0.1) is 10.2 Å². The van der Waals surface area contributed by atoms with Gasteiger partial charge in [0.05, 0.1) is 6.61 Å². The second-order valence-corrected chi connectivity index (χ2v) is 5.68. The maximum absolute atomic E-state index is 12.3. The second-order valence-electron chi connectivity index (χ2n) is 5.68. The largest absolute Gasteiger partial charge is 0.505 e. The number of phenolic OH excluding ortho intramolecular Hbond substituents is 1. The number of hydrogen-bond donors (Lipinski definition) is 1. The van der Waals surface area contributed by atoms with E-state index < -0.39 is 5.97 Å². The third-order valence-corrected chi connectivity index (χ3v) is 4.19. The third-order valence-electron chi connectivity index (χ3n) is 4.19. The highest BCUT2D eigenvalue weighted by Crippen LogP contribution is 2.35. The molecule has 0 aliphatic rings. The van der Waals surface area contributed by atoms with E-state index in [1.54, 1.807) is 13.0 Å². The first-order valence-electron chi connectivity index (χ1n) is 8.78. The molecule has 0 radical (unpaired) electrons. The Bertz CT molecular complexity index is 839. The van der Waals surface area contributed by atoms with E-state index in [2.05, 4.69) is 10.2 Å². The quantitative estimate of drug-likeness (QED) is 0.441. The lowest BCUT2D eigenvalue weighted by Gasteiger charge is -2.22. The summed E-state index contributed by atoms with van der Waals surface area (Å²) in [6.45, 7) is 9.30. The standard InChI is InChI=1S/C20H25N3O3/c1-5-23(6-2)14(4)18(20(25)26-7-3)22-21-17-13-12-15-10-8-9-11-16(15)19(17)24/h8-13,24H,5-7H2,1-4H3/b18-14+,22-21?. The average molecular weight is 355 g/mol. The lowest BCUT2D eigenvalue weighted by molar-refractivity contribution is -0.138. The molecule has 0 saturated heterocycles. The van der Waals surface area contributed by atoms with E-state index in [0.29, 0.717) is 16.8 Å². The molecule has 0 spiro atoms. The minimum atomic E-state index is -0.527. The predicted molar refractivity (Wildman–Crippen MR) is 102 cm³/mol. The molecular formula is C20H25N3O3. The number of phenols is 1. The number of fused-ring (bicyclic) bond motifs is 1. The normalized spacial score (nSPS) is 12.3. The van der Waals surface area contributed by atoms with Crippen LogP contribution in [-0.2, 0) is 9.53 Å². The van der Waals surface area contributed by atoms with Crippen molar-refractivity contribution < 1.29 is 14.6 Å². The van der Waals surface area contributed by atoms with Crippen LogP contribution in [0.3, 0.4) is 0 Å². The summed E-state index contributed by atoms with van der Waals surface area (Å²) in [7, 11) is 0. The lowest BCUT2D eigenvalue weighted by atomic mass is 10.1. The van der Waals surface area contributed by atoms with Crippen molar-refractivity contribution in [2.75, 3.05) is 19.7 Å². The molecule has 0 amide bonds. The Morgan fingerprint density at radius 3 is 2.46 bits per heavy atom. The summed E-state index contributed by atoms with van der Waals surface area (Å²) in [5.41, 5.74) is 1.14. The first-order chi connectivity index (χ1) is 12.5. The van der Waals surface area contributed by atoms with Crippen molar-refractivity contribution in [1.29, 1.82) is 0 Å². The number of carbonyl (C=O) groups excluding carboxylic acids is 1. The van der Waals surface area contributed by atoms with E-state index in [1.807, 2.05) is 56.0 Å². The third kappa shape index (κ3) is 4.20. The molecule has 0 aliphatic heterocycles. The van der Waals surface area contributed by atoms with Gasteiger partial charge in [0.25, 0.3) is 0 Å². The van der Waals surface area contributed by atoms with Crippen molar-refractivity contribution in [3.05, 3.63) is 47.8 Å². The highest BCUT2D eigenvalue weighted by atomic mass is 16.5. The maximum atomic E-state index is 12.3. The number of benzene rings is 2. The molecule has 2 aromatic rings. The molecule has 2 rings (SSSR count). The topological polar surface area (TPSA) is 74.5 Å². The zero-order valence-electron chi connectivity index (χ0n) is 15.7. The van der Waals surface area contributed by atoms with Crippen LogP contribution in [0.1, 0.15) is 27.7 Å². The van der Waals surface area contributed by atoms with Gasteiger partial charge in [-0.25, -0.2) is 4.79 Å². The molecule has 0 bridgehead atoms. The van der Waals surface area contributed by atoms with Crippen LogP contribution in [0, 0.1) is 0 Å². The number of carbonyl (C=O) groups is 1. The fourth-order valence-electron chi connectivity index (χ4n) is 2.74. The number of azo groups is 1. The number of aromatic hydroxyl groups is 1. The van der Waals surface area contributed by atoms with Gasteiger partial charge in [0.2, 0.25) is 0 Å². The molecule has 0 aromatic heterocycles. The molecule has 6 heteroatoms. The predicted octanol–water partition coefficient (Wildman–Crippen LogP) is 4.77. The highest BCUT2D eigenvalue weighted by molar-refractivity contribution is 5.92. The Morgan fingerprint density at radius 2 is 1.81 bits per heavy atom. The van der Waals surface area contributed by atoms with Gasteiger partial charge >= 0.3 is 5.97 Å². The Balaban J connectivity index is 2.46. The van der Waals surface area contributed by atoms with Crippen LogP contribution < -0.4 is 0 Å². The van der Waals surface area contributed by atoms with Crippen LogP contribution in [0.25, 0.3) is 10.8 Å². The minimum Gasteiger partial charge on any atom is -0.505 e. The van der Waals surface area contributed by atoms with E-state index in [-0.39, 0.29) is 18.1 Å². The summed E-state index contributed by atoms with van der Waals surface area (Å²) in [6.07, 6.45) is 0. The Kier molecular flexibility index (Phi) is 6.72. The van der Waals surface area contributed by atoms with Crippen LogP contribution in [0.5, 0.6) is 5.75 Å². The van der Waals surface area contributed by atoms with Gasteiger partial charge in [0.1, 0.15) is 5.69 Å². The molecule has 0 unspecified atom stereocenters. The van der Waals surface area contributed by atoms with Crippen molar-refractivity contribution in [2.45, 2.75) is 27.7 Å². The average Bonchev–Trinajstić information content (AvgIpc) is 2.65. The minimum absolute atomic E-state index is 0.0375. The van der Waals surface area contributed by atoms with Crippen LogP contribution in [0.2, 0.25) is 0 Å². The highest BCUT2D eigenvalue weighted by Gasteiger charge is 2.18. The zero-order valence-corrected chi connectivity index (χ0v) is 15.7. The number of nitrogens with zero attached hydrogens (tertiary/aromatic N) is 3. The van der Waals surface area contributed by atoms with Gasteiger partial charge in [-0.05, 0) is 39.1 Å². The van der Waals surface area contributed by atoms with E-state index in [4.69, 9.17) is 4.74 Å². The molecule has 0 heterocycles. The fraction of sp³-hybridized carbons (Fsp3) is 0.350. The van der Waals surface area contributed by atoms with Gasteiger partial charge in [0, 0.05) is 24.2 Å². The molecule has 2 aromatic carbocycles. The number of ether oxygens (including phenoxy) is 1. The van der Waals surface area contributed by atoms with E-state index in [9.17, 15) is 9.90 Å². The van der Waals surface area contributed by atoms with Crippen molar-refractivity contribution >= 4 is 22.4 Å². The number of rotatable bonds is 7. The summed E-state index contributed by atoms with van der Waals surface area (Å²) in [5, 5.41) is 20.3. The Labute approximate surface area is 153 Å². The van der Waals surface area contributed by atoms with Crippen molar-refractivity contribution in [2.24, 2.45) is 10.2 Å². The van der Waals surface area contributed by atoms with Crippen LogP contribution in [-0.4, -0.2) is 35.7 Å².